The van der Waals surface area contributed by atoms with Crippen molar-refractivity contribution in [3.63, 3.8) is 0 Å². The molecule has 0 aromatic heterocycles. The Morgan fingerprint density at radius 2 is 1.95 bits per heavy atom. The number of halogens is 1. The van der Waals surface area contributed by atoms with Crippen LogP contribution in [0.3, 0.4) is 0 Å². The van der Waals surface area contributed by atoms with Crippen molar-refractivity contribution >= 4 is 5.97 Å². The molecule has 0 atom stereocenters. The number of piperidine rings is 1. The number of likely N-dealkylation sites (tertiary alicyclic amines) is 1. The average molecular weight is 291 g/mol. The van der Waals surface area contributed by atoms with Crippen LogP contribution in [0.1, 0.15) is 24.8 Å². The Morgan fingerprint density at radius 3 is 2.48 bits per heavy atom. The van der Waals surface area contributed by atoms with Crippen molar-refractivity contribution in [3.05, 3.63) is 48.3 Å². The summed E-state index contributed by atoms with van der Waals surface area (Å²) < 4.78 is 18.6. The van der Waals surface area contributed by atoms with Crippen molar-refractivity contribution in [2.24, 2.45) is 5.41 Å². The van der Waals surface area contributed by atoms with E-state index in [0.717, 1.165) is 19.6 Å². The van der Waals surface area contributed by atoms with Crippen molar-refractivity contribution in [1.82, 2.24) is 4.90 Å². The van der Waals surface area contributed by atoms with Crippen molar-refractivity contribution in [2.45, 2.75) is 25.8 Å². The predicted octanol–water partition coefficient (Wildman–Crippen LogP) is 3.32. The maximum atomic E-state index is 13.9. The minimum Gasteiger partial charge on any atom is -0.469 e. The molecule has 1 heterocycles. The number of allylic oxidation sites excluding steroid dienone is 1. The first-order valence-corrected chi connectivity index (χ1v) is 7.24. The molecule has 1 saturated heterocycles. The van der Waals surface area contributed by atoms with Crippen LogP contribution in [0.2, 0.25) is 0 Å². The molecule has 1 aliphatic heterocycles. The highest BCUT2D eigenvalue weighted by molar-refractivity contribution is 5.70. The fraction of sp³-hybridized carbons (Fsp3) is 0.471. The molecule has 4 heteroatoms. The summed E-state index contributed by atoms with van der Waals surface area (Å²) >= 11 is 0. The van der Waals surface area contributed by atoms with Gasteiger partial charge in [-0.2, -0.15) is 0 Å². The van der Waals surface area contributed by atoms with Gasteiger partial charge in [-0.1, -0.05) is 36.9 Å². The molecule has 0 aliphatic carbocycles. The van der Waals surface area contributed by atoms with Crippen LogP contribution in [0.5, 0.6) is 0 Å². The van der Waals surface area contributed by atoms with Crippen LogP contribution in [-0.2, 0) is 16.1 Å². The van der Waals surface area contributed by atoms with E-state index in [-0.39, 0.29) is 12.4 Å². The number of benzene rings is 1. The van der Waals surface area contributed by atoms with Gasteiger partial charge in [-0.15, -0.1) is 0 Å². The number of carbonyl (C=O) groups is 1. The molecular weight excluding hydrogens is 269 g/mol. The average Bonchev–Trinajstić information content (AvgIpc) is 2.50. The number of ether oxygens (including phenoxy) is 1. The summed E-state index contributed by atoms with van der Waals surface area (Å²) in [6, 6.07) is 10.2. The van der Waals surface area contributed by atoms with E-state index < -0.39 is 11.2 Å². The Bertz CT molecular complexity index is 493. The largest absolute Gasteiger partial charge is 0.469 e. The van der Waals surface area contributed by atoms with Crippen molar-refractivity contribution in [1.29, 1.82) is 0 Å². The Labute approximate surface area is 125 Å². The summed E-state index contributed by atoms with van der Waals surface area (Å²) in [5, 5.41) is 0. The Balaban J connectivity index is 1.96. The Kier molecular flexibility index (Phi) is 5.12. The quantitative estimate of drug-likeness (QED) is 0.779. The van der Waals surface area contributed by atoms with Gasteiger partial charge in [0.25, 0.3) is 0 Å². The van der Waals surface area contributed by atoms with Gasteiger partial charge >= 0.3 is 5.97 Å². The van der Waals surface area contributed by atoms with E-state index in [1.54, 1.807) is 0 Å². The van der Waals surface area contributed by atoms with E-state index >= 15 is 0 Å². The minimum atomic E-state index is -0.750. The number of hydrogen-bond donors (Lipinski definition) is 0. The zero-order valence-corrected chi connectivity index (χ0v) is 12.5. The molecule has 1 aromatic carbocycles. The lowest BCUT2D eigenvalue weighted by molar-refractivity contribution is -0.143. The normalized spacial score (nSPS) is 18.2. The lowest BCUT2D eigenvalue weighted by Gasteiger charge is -2.40. The monoisotopic (exact) mass is 291 g/mol. The molecule has 21 heavy (non-hydrogen) atoms. The summed E-state index contributed by atoms with van der Waals surface area (Å²) in [7, 11) is 1.33. The molecule has 3 nitrogen and oxygen atoms in total. The number of nitrogens with zero attached hydrogens (tertiary/aromatic N) is 1. The van der Waals surface area contributed by atoms with Gasteiger partial charge in [0.1, 0.15) is 0 Å². The van der Waals surface area contributed by atoms with Gasteiger partial charge in [0.05, 0.1) is 19.4 Å². The molecular formula is C17H22FNO2. The highest BCUT2D eigenvalue weighted by Crippen LogP contribution is 2.42. The van der Waals surface area contributed by atoms with Gasteiger partial charge < -0.3 is 4.74 Å². The third kappa shape index (κ3) is 3.91. The van der Waals surface area contributed by atoms with E-state index in [1.807, 2.05) is 18.2 Å². The highest BCUT2D eigenvalue weighted by atomic mass is 19.1. The number of esters is 1. The first-order valence-electron chi connectivity index (χ1n) is 7.24. The van der Waals surface area contributed by atoms with Crippen molar-refractivity contribution in [3.8, 4) is 0 Å². The molecule has 0 unspecified atom stereocenters. The summed E-state index contributed by atoms with van der Waals surface area (Å²) in [5.41, 5.74) is 0.498. The van der Waals surface area contributed by atoms with E-state index in [2.05, 4.69) is 23.6 Å². The molecule has 0 bridgehead atoms. The minimum absolute atomic E-state index is 0.0814. The molecule has 0 spiro atoms. The molecule has 0 radical (unpaired) electrons. The first kappa shape index (κ1) is 15.7. The van der Waals surface area contributed by atoms with E-state index in [0.29, 0.717) is 12.8 Å². The lowest BCUT2D eigenvalue weighted by Crippen LogP contribution is -2.41. The molecule has 114 valence electrons. The third-order valence-electron chi connectivity index (χ3n) is 4.35. The maximum Gasteiger partial charge on any atom is 0.306 e. The zero-order chi connectivity index (χ0) is 15.3. The molecule has 1 aromatic rings. The van der Waals surface area contributed by atoms with Crippen molar-refractivity contribution < 1.29 is 13.9 Å². The van der Waals surface area contributed by atoms with Gasteiger partial charge in [0.15, 0.2) is 0 Å². The van der Waals surface area contributed by atoms with Gasteiger partial charge in [0.2, 0.25) is 0 Å². The second-order valence-electron chi connectivity index (χ2n) is 5.70. The smallest absolute Gasteiger partial charge is 0.306 e. The number of methoxy groups -OCH3 is 1. The lowest BCUT2D eigenvalue weighted by atomic mass is 9.75. The van der Waals surface area contributed by atoms with Crippen LogP contribution in [0.15, 0.2) is 42.7 Å². The summed E-state index contributed by atoms with van der Waals surface area (Å²) in [4.78, 5) is 13.8. The number of rotatable bonds is 5. The Hall–Kier alpha value is -1.68. The van der Waals surface area contributed by atoms with Crippen LogP contribution in [0, 0.1) is 5.41 Å². The van der Waals surface area contributed by atoms with Gasteiger partial charge in [-0.25, -0.2) is 4.39 Å². The number of hydrogen-bond acceptors (Lipinski definition) is 3. The molecule has 1 aliphatic rings. The molecule has 0 N–H and O–H groups in total. The molecule has 1 fully saturated rings. The van der Waals surface area contributed by atoms with Crippen molar-refractivity contribution in [2.75, 3.05) is 20.2 Å². The van der Waals surface area contributed by atoms with Gasteiger partial charge in [-0.05, 0) is 31.5 Å². The molecule has 2 rings (SSSR count). The predicted molar refractivity (Wildman–Crippen MR) is 80.3 cm³/mol. The third-order valence-corrected chi connectivity index (χ3v) is 4.35. The number of carbonyl (C=O) groups excluding carboxylic acids is 1. The van der Waals surface area contributed by atoms with E-state index in [4.69, 9.17) is 4.74 Å². The van der Waals surface area contributed by atoms with Crippen LogP contribution < -0.4 is 0 Å². The summed E-state index contributed by atoms with van der Waals surface area (Å²) in [5.74, 6) is -0.766. The zero-order valence-electron chi connectivity index (χ0n) is 12.5. The first-order chi connectivity index (χ1) is 10.1. The topological polar surface area (TPSA) is 29.5 Å². The van der Waals surface area contributed by atoms with Crippen LogP contribution >= 0.6 is 0 Å². The second-order valence-corrected chi connectivity index (χ2v) is 5.70. The highest BCUT2D eigenvalue weighted by Gasteiger charge is 2.40. The molecule has 0 amide bonds. The molecule has 0 saturated carbocycles. The van der Waals surface area contributed by atoms with E-state index in [9.17, 15) is 9.18 Å². The van der Waals surface area contributed by atoms with Crippen LogP contribution in [0.4, 0.5) is 4.39 Å². The van der Waals surface area contributed by atoms with Gasteiger partial charge in [0, 0.05) is 12.0 Å². The van der Waals surface area contributed by atoms with E-state index in [1.165, 1.54) is 12.7 Å². The fourth-order valence-corrected chi connectivity index (χ4v) is 2.87. The summed E-state index contributed by atoms with van der Waals surface area (Å²) in [6.45, 7) is 5.83. The fourth-order valence-electron chi connectivity index (χ4n) is 2.87. The van der Waals surface area contributed by atoms with Gasteiger partial charge in [-0.3, -0.25) is 9.69 Å². The Morgan fingerprint density at radius 1 is 1.33 bits per heavy atom. The second kappa shape index (κ2) is 6.85. The standard InChI is InChI=1S/C17H22FNO2/c1-14(18)17(12-16(20)21-2)8-10-19(11-9-17)13-15-6-4-3-5-7-15/h3-7H,1,8-13H2,2H3. The van der Waals surface area contributed by atoms with Crippen LogP contribution in [-0.4, -0.2) is 31.1 Å². The van der Waals surface area contributed by atoms with Crippen LogP contribution in [0.25, 0.3) is 0 Å². The maximum absolute atomic E-state index is 13.9. The SMILES string of the molecule is C=C(F)C1(CC(=O)OC)CCN(Cc2ccccc2)CC1. The summed E-state index contributed by atoms with van der Waals surface area (Å²) in [6.07, 6.45) is 1.28.